The summed E-state index contributed by atoms with van der Waals surface area (Å²) in [5.41, 5.74) is 0.979. The maximum atomic E-state index is 12.5. The molecule has 8 heteroatoms. The number of carbonyl (C=O) groups excluding carboxylic acids is 1. The Bertz CT molecular complexity index is 863. The van der Waals surface area contributed by atoms with E-state index in [2.05, 4.69) is 15.0 Å². The molecule has 1 atom stereocenters. The standard InChI is InChI=1S/C17H18N4O4/c1-10-12(8-14(22)21-7-3-5-13(21)17(24)25)16(23)20-15(19-10)11-4-2-6-18-9-11/h2,4,6,9,13H,3,5,7-8H2,1H3,(H,24,25)(H,19,20,23)/t13-/m0/s1. The normalized spacial score (nSPS) is 16.8. The van der Waals surface area contributed by atoms with Crippen LogP contribution in [-0.2, 0) is 16.0 Å². The Balaban J connectivity index is 1.85. The summed E-state index contributed by atoms with van der Waals surface area (Å²) in [5.74, 6) is -0.993. The summed E-state index contributed by atoms with van der Waals surface area (Å²) < 4.78 is 0. The van der Waals surface area contributed by atoms with Gasteiger partial charge < -0.3 is 15.0 Å². The Hall–Kier alpha value is -3.03. The van der Waals surface area contributed by atoms with Crippen LogP contribution in [0.2, 0.25) is 0 Å². The molecule has 8 nitrogen and oxygen atoms in total. The van der Waals surface area contributed by atoms with Crippen molar-refractivity contribution in [2.75, 3.05) is 6.54 Å². The lowest BCUT2D eigenvalue weighted by Gasteiger charge is -2.21. The van der Waals surface area contributed by atoms with Crippen molar-refractivity contribution in [1.82, 2.24) is 19.9 Å². The van der Waals surface area contributed by atoms with Crippen LogP contribution in [0.4, 0.5) is 0 Å². The van der Waals surface area contributed by atoms with Gasteiger partial charge in [-0.05, 0) is 31.9 Å². The number of carboxylic acids is 1. The van der Waals surface area contributed by atoms with Gasteiger partial charge in [0.1, 0.15) is 11.9 Å². The maximum absolute atomic E-state index is 12.5. The smallest absolute Gasteiger partial charge is 0.326 e. The first-order valence-corrected chi connectivity index (χ1v) is 8.00. The van der Waals surface area contributed by atoms with Gasteiger partial charge in [0.2, 0.25) is 5.91 Å². The van der Waals surface area contributed by atoms with E-state index < -0.39 is 17.6 Å². The Labute approximate surface area is 143 Å². The molecule has 1 amide bonds. The van der Waals surface area contributed by atoms with Crippen molar-refractivity contribution in [3.8, 4) is 11.4 Å². The second-order valence-corrected chi connectivity index (χ2v) is 5.98. The fraction of sp³-hybridized carbons (Fsp3) is 0.353. The summed E-state index contributed by atoms with van der Waals surface area (Å²) >= 11 is 0. The lowest BCUT2D eigenvalue weighted by atomic mass is 10.1. The largest absolute Gasteiger partial charge is 0.480 e. The third-order valence-corrected chi connectivity index (χ3v) is 4.34. The zero-order valence-corrected chi connectivity index (χ0v) is 13.7. The average molecular weight is 342 g/mol. The number of likely N-dealkylation sites (tertiary alicyclic amines) is 1. The number of hydrogen-bond donors (Lipinski definition) is 2. The molecule has 3 heterocycles. The SMILES string of the molecule is Cc1nc(-c2cccnc2)[nH]c(=O)c1CC(=O)N1CCC[C@H]1C(=O)O. The first-order chi connectivity index (χ1) is 12.0. The van der Waals surface area contributed by atoms with Crippen molar-refractivity contribution in [3.05, 3.63) is 46.1 Å². The van der Waals surface area contributed by atoms with Crippen molar-refractivity contribution >= 4 is 11.9 Å². The van der Waals surface area contributed by atoms with Crippen LogP contribution >= 0.6 is 0 Å². The van der Waals surface area contributed by atoms with Crippen molar-refractivity contribution in [1.29, 1.82) is 0 Å². The van der Waals surface area contributed by atoms with Gasteiger partial charge in [0.15, 0.2) is 0 Å². The van der Waals surface area contributed by atoms with Gasteiger partial charge in [0, 0.05) is 35.8 Å². The highest BCUT2D eigenvalue weighted by atomic mass is 16.4. The zero-order chi connectivity index (χ0) is 18.0. The van der Waals surface area contributed by atoms with Gasteiger partial charge in [-0.3, -0.25) is 14.6 Å². The molecule has 0 radical (unpaired) electrons. The fourth-order valence-electron chi connectivity index (χ4n) is 3.03. The number of aryl methyl sites for hydroxylation is 1. The summed E-state index contributed by atoms with van der Waals surface area (Å²) in [4.78, 5) is 48.4. The molecule has 1 fully saturated rings. The van der Waals surface area contributed by atoms with Crippen LogP contribution in [0.3, 0.4) is 0 Å². The van der Waals surface area contributed by atoms with Crippen LogP contribution in [0.5, 0.6) is 0 Å². The maximum Gasteiger partial charge on any atom is 0.326 e. The lowest BCUT2D eigenvalue weighted by Crippen LogP contribution is -2.42. The van der Waals surface area contributed by atoms with Crippen LogP contribution in [0, 0.1) is 6.92 Å². The number of carbonyl (C=O) groups is 2. The molecule has 0 aromatic carbocycles. The van der Waals surface area contributed by atoms with Gasteiger partial charge in [-0.2, -0.15) is 0 Å². The molecule has 2 N–H and O–H groups in total. The summed E-state index contributed by atoms with van der Waals surface area (Å²) in [6.45, 7) is 2.06. The highest BCUT2D eigenvalue weighted by Crippen LogP contribution is 2.19. The van der Waals surface area contributed by atoms with Crippen LogP contribution < -0.4 is 5.56 Å². The summed E-state index contributed by atoms with van der Waals surface area (Å²) in [7, 11) is 0. The lowest BCUT2D eigenvalue weighted by molar-refractivity contribution is -0.148. The van der Waals surface area contributed by atoms with E-state index in [4.69, 9.17) is 0 Å². The van der Waals surface area contributed by atoms with E-state index in [0.29, 0.717) is 36.5 Å². The molecule has 130 valence electrons. The van der Waals surface area contributed by atoms with E-state index in [0.717, 1.165) is 0 Å². The number of nitrogens with one attached hydrogen (secondary N) is 1. The highest BCUT2D eigenvalue weighted by Gasteiger charge is 2.34. The van der Waals surface area contributed by atoms with Crippen molar-refractivity contribution in [2.24, 2.45) is 0 Å². The summed E-state index contributed by atoms with van der Waals surface area (Å²) in [6.07, 6.45) is 4.14. The predicted molar refractivity (Wildman–Crippen MR) is 88.9 cm³/mol. The first-order valence-electron chi connectivity index (χ1n) is 8.00. The van der Waals surface area contributed by atoms with E-state index in [1.165, 1.54) is 4.90 Å². The van der Waals surface area contributed by atoms with Crippen LogP contribution in [0.25, 0.3) is 11.4 Å². The molecule has 1 aliphatic rings. The molecular formula is C17H18N4O4. The van der Waals surface area contributed by atoms with E-state index in [1.807, 2.05) is 0 Å². The van der Waals surface area contributed by atoms with Crippen molar-refractivity contribution < 1.29 is 14.7 Å². The Morgan fingerprint density at radius 3 is 2.88 bits per heavy atom. The van der Waals surface area contributed by atoms with Crippen LogP contribution in [-0.4, -0.2) is 49.4 Å². The number of aromatic amines is 1. The molecule has 0 saturated carbocycles. The molecule has 1 saturated heterocycles. The minimum atomic E-state index is -1.01. The Morgan fingerprint density at radius 2 is 2.24 bits per heavy atom. The molecule has 0 unspecified atom stereocenters. The van der Waals surface area contributed by atoms with Gasteiger partial charge >= 0.3 is 5.97 Å². The third-order valence-electron chi connectivity index (χ3n) is 4.34. The molecule has 3 rings (SSSR count). The van der Waals surface area contributed by atoms with Gasteiger partial charge in [0.25, 0.3) is 5.56 Å². The number of pyridine rings is 1. The summed E-state index contributed by atoms with van der Waals surface area (Å²) in [6, 6.07) is 2.70. The van der Waals surface area contributed by atoms with E-state index in [-0.39, 0.29) is 17.9 Å². The van der Waals surface area contributed by atoms with Crippen LogP contribution in [0.1, 0.15) is 24.1 Å². The van der Waals surface area contributed by atoms with Gasteiger partial charge in [-0.15, -0.1) is 0 Å². The second-order valence-electron chi connectivity index (χ2n) is 5.98. The number of aromatic nitrogens is 3. The average Bonchev–Trinajstić information content (AvgIpc) is 3.08. The van der Waals surface area contributed by atoms with E-state index in [1.54, 1.807) is 31.5 Å². The number of hydrogen-bond acceptors (Lipinski definition) is 5. The Morgan fingerprint density at radius 1 is 1.44 bits per heavy atom. The minimum Gasteiger partial charge on any atom is -0.480 e. The topological polar surface area (TPSA) is 116 Å². The number of rotatable bonds is 4. The third kappa shape index (κ3) is 3.42. The molecule has 0 spiro atoms. The molecule has 1 aliphatic heterocycles. The molecule has 2 aromatic rings. The zero-order valence-electron chi connectivity index (χ0n) is 13.7. The van der Waals surface area contributed by atoms with Crippen LogP contribution in [0.15, 0.2) is 29.3 Å². The summed E-state index contributed by atoms with van der Waals surface area (Å²) in [5, 5.41) is 9.19. The fourth-order valence-corrected chi connectivity index (χ4v) is 3.03. The quantitative estimate of drug-likeness (QED) is 0.847. The van der Waals surface area contributed by atoms with Gasteiger partial charge in [-0.1, -0.05) is 0 Å². The number of H-pyrrole nitrogens is 1. The monoisotopic (exact) mass is 342 g/mol. The second kappa shape index (κ2) is 6.84. The number of amides is 1. The van der Waals surface area contributed by atoms with E-state index >= 15 is 0 Å². The molecular weight excluding hydrogens is 324 g/mol. The first kappa shape index (κ1) is 16.8. The Kier molecular flexibility index (Phi) is 4.60. The van der Waals surface area contributed by atoms with E-state index in [9.17, 15) is 19.5 Å². The number of nitrogens with zero attached hydrogens (tertiary/aromatic N) is 3. The molecule has 2 aromatic heterocycles. The molecule has 25 heavy (non-hydrogen) atoms. The highest BCUT2D eigenvalue weighted by molar-refractivity contribution is 5.85. The van der Waals surface area contributed by atoms with Crippen molar-refractivity contribution in [2.45, 2.75) is 32.2 Å². The van der Waals surface area contributed by atoms with Crippen molar-refractivity contribution in [3.63, 3.8) is 0 Å². The number of aliphatic carboxylic acids is 1. The van der Waals surface area contributed by atoms with Gasteiger partial charge in [0.05, 0.1) is 6.42 Å². The molecule has 0 bridgehead atoms. The number of carboxylic acid groups (broad SMARTS) is 1. The predicted octanol–water partition coefficient (Wildman–Crippen LogP) is 0.758. The molecule has 0 aliphatic carbocycles. The van der Waals surface area contributed by atoms with Gasteiger partial charge in [-0.25, -0.2) is 9.78 Å². The minimum absolute atomic E-state index is 0.161.